The molecule has 3 rings (SSSR count). The Hall–Kier alpha value is -2.77. The standard InChI is InChI=1S/C19H25N3O5/c1-2-20-16(23)11-27-15-7-3-6-14(9-15)21-18(26)22-10-13-5-4-8-19(13,12-22)17(24)25/h3,6-7,9,13H,2,4-5,8,10-12H2,1H3,(H,20,23)(H,21,26)(H,24,25)/t13-,19+/m0/s1. The number of ether oxygens (including phenoxy) is 1. The van der Waals surface area contributed by atoms with Crippen LogP contribution in [0.4, 0.5) is 10.5 Å². The normalized spacial score (nSPS) is 23.6. The van der Waals surface area contributed by atoms with Gasteiger partial charge in [0.15, 0.2) is 6.61 Å². The maximum atomic E-state index is 12.6. The molecule has 1 aliphatic carbocycles. The molecule has 1 saturated heterocycles. The highest BCUT2D eigenvalue weighted by atomic mass is 16.5. The van der Waals surface area contributed by atoms with E-state index in [1.807, 2.05) is 6.92 Å². The molecule has 8 nitrogen and oxygen atoms in total. The molecule has 146 valence electrons. The number of anilines is 1. The lowest BCUT2D eigenvalue weighted by atomic mass is 9.81. The molecule has 8 heteroatoms. The molecule has 0 spiro atoms. The number of carbonyl (C=O) groups excluding carboxylic acids is 2. The third-order valence-electron chi connectivity index (χ3n) is 5.41. The molecule has 1 aromatic rings. The van der Waals surface area contributed by atoms with Crippen LogP contribution in [0, 0.1) is 11.3 Å². The highest BCUT2D eigenvalue weighted by Crippen LogP contribution is 2.48. The number of likely N-dealkylation sites (N-methyl/N-ethyl adjacent to an activating group) is 1. The first-order valence-electron chi connectivity index (χ1n) is 9.23. The van der Waals surface area contributed by atoms with Gasteiger partial charge in [-0.3, -0.25) is 9.59 Å². The molecule has 1 heterocycles. The summed E-state index contributed by atoms with van der Waals surface area (Å²) in [4.78, 5) is 37.4. The molecule has 2 fully saturated rings. The van der Waals surface area contributed by atoms with E-state index in [2.05, 4.69) is 10.6 Å². The SMILES string of the molecule is CCNC(=O)COc1cccc(NC(=O)N2C[C@@H]3CCC[C@@]3(C(=O)O)C2)c1. The number of benzene rings is 1. The van der Waals surface area contributed by atoms with Gasteiger partial charge in [-0.25, -0.2) is 4.79 Å². The summed E-state index contributed by atoms with van der Waals surface area (Å²) in [5.41, 5.74) is -0.260. The van der Waals surface area contributed by atoms with E-state index in [4.69, 9.17) is 4.74 Å². The molecule has 0 aromatic heterocycles. The van der Waals surface area contributed by atoms with Crippen LogP contribution in [0.1, 0.15) is 26.2 Å². The minimum atomic E-state index is -0.805. The van der Waals surface area contributed by atoms with E-state index >= 15 is 0 Å². The Bertz CT molecular complexity index is 738. The van der Waals surface area contributed by atoms with Crippen molar-refractivity contribution in [3.63, 3.8) is 0 Å². The highest BCUT2D eigenvalue weighted by Gasteiger charge is 2.55. The zero-order chi connectivity index (χ0) is 19.4. The average molecular weight is 375 g/mol. The number of amides is 3. The van der Waals surface area contributed by atoms with Gasteiger partial charge in [-0.1, -0.05) is 12.5 Å². The number of likely N-dealkylation sites (tertiary alicyclic amines) is 1. The quantitative estimate of drug-likeness (QED) is 0.704. The molecule has 0 bridgehead atoms. The first-order chi connectivity index (χ1) is 12.9. The van der Waals surface area contributed by atoms with Crippen LogP contribution in [-0.4, -0.2) is 54.2 Å². The van der Waals surface area contributed by atoms with Crippen molar-refractivity contribution < 1.29 is 24.2 Å². The largest absolute Gasteiger partial charge is 0.484 e. The van der Waals surface area contributed by atoms with Crippen LogP contribution in [0.15, 0.2) is 24.3 Å². The predicted octanol–water partition coefficient (Wildman–Crippen LogP) is 1.92. The van der Waals surface area contributed by atoms with E-state index in [-0.39, 0.29) is 31.0 Å². The number of nitrogens with zero attached hydrogens (tertiary/aromatic N) is 1. The molecule has 0 radical (unpaired) electrons. The Morgan fingerprint density at radius 3 is 2.89 bits per heavy atom. The van der Waals surface area contributed by atoms with Gasteiger partial charge in [0.1, 0.15) is 5.75 Å². The van der Waals surface area contributed by atoms with Crippen LogP contribution < -0.4 is 15.4 Å². The molecule has 2 aliphatic rings. The molecular formula is C19H25N3O5. The second-order valence-electron chi connectivity index (χ2n) is 7.13. The van der Waals surface area contributed by atoms with Crippen molar-refractivity contribution >= 4 is 23.6 Å². The molecule has 3 N–H and O–H groups in total. The molecule has 3 amide bonds. The molecule has 1 aromatic carbocycles. The molecule has 1 aliphatic heterocycles. The molecular weight excluding hydrogens is 350 g/mol. The number of carboxylic acids is 1. The Kier molecular flexibility index (Phi) is 5.53. The number of carboxylic acid groups (broad SMARTS) is 1. The van der Waals surface area contributed by atoms with Gasteiger partial charge < -0.3 is 25.4 Å². The fraction of sp³-hybridized carbons (Fsp3) is 0.526. The number of rotatable bonds is 6. The van der Waals surface area contributed by atoms with Gasteiger partial charge in [0, 0.05) is 31.4 Å². The van der Waals surface area contributed by atoms with E-state index in [0.717, 1.165) is 12.8 Å². The van der Waals surface area contributed by atoms with Crippen LogP contribution in [0.2, 0.25) is 0 Å². The van der Waals surface area contributed by atoms with Crippen LogP contribution in [0.3, 0.4) is 0 Å². The van der Waals surface area contributed by atoms with Crippen LogP contribution in [0.25, 0.3) is 0 Å². The third-order valence-corrected chi connectivity index (χ3v) is 5.41. The monoisotopic (exact) mass is 375 g/mol. The second kappa shape index (κ2) is 7.85. The summed E-state index contributed by atoms with van der Waals surface area (Å²) in [5.74, 6) is -0.526. The smallest absolute Gasteiger partial charge is 0.321 e. The summed E-state index contributed by atoms with van der Waals surface area (Å²) in [6.07, 6.45) is 2.37. The summed E-state index contributed by atoms with van der Waals surface area (Å²) >= 11 is 0. The number of fused-ring (bicyclic) bond motifs is 1. The lowest BCUT2D eigenvalue weighted by Gasteiger charge is -2.23. The Labute approximate surface area is 157 Å². The van der Waals surface area contributed by atoms with Crippen molar-refractivity contribution in [3.05, 3.63) is 24.3 Å². The molecule has 0 unspecified atom stereocenters. The van der Waals surface area contributed by atoms with Crippen molar-refractivity contribution in [2.24, 2.45) is 11.3 Å². The first-order valence-corrected chi connectivity index (χ1v) is 9.23. The number of urea groups is 1. The summed E-state index contributed by atoms with van der Waals surface area (Å²) in [6.45, 7) is 2.97. The van der Waals surface area contributed by atoms with E-state index in [1.165, 1.54) is 0 Å². The van der Waals surface area contributed by atoms with Crippen molar-refractivity contribution in [2.75, 3.05) is 31.6 Å². The summed E-state index contributed by atoms with van der Waals surface area (Å²) in [7, 11) is 0. The third kappa shape index (κ3) is 3.99. The topological polar surface area (TPSA) is 108 Å². The van der Waals surface area contributed by atoms with Gasteiger partial charge in [-0.05, 0) is 37.8 Å². The van der Waals surface area contributed by atoms with Crippen molar-refractivity contribution in [2.45, 2.75) is 26.2 Å². The minimum Gasteiger partial charge on any atom is -0.484 e. The lowest BCUT2D eigenvalue weighted by Crippen LogP contribution is -2.38. The predicted molar refractivity (Wildman–Crippen MR) is 98.6 cm³/mol. The van der Waals surface area contributed by atoms with E-state index < -0.39 is 11.4 Å². The van der Waals surface area contributed by atoms with Gasteiger partial charge in [0.05, 0.1) is 5.41 Å². The highest BCUT2D eigenvalue weighted by molar-refractivity contribution is 5.91. The Morgan fingerprint density at radius 1 is 1.37 bits per heavy atom. The van der Waals surface area contributed by atoms with E-state index in [1.54, 1.807) is 29.2 Å². The zero-order valence-electron chi connectivity index (χ0n) is 15.4. The van der Waals surface area contributed by atoms with Crippen LogP contribution in [-0.2, 0) is 9.59 Å². The number of aliphatic carboxylic acids is 1. The number of hydrogen-bond acceptors (Lipinski definition) is 4. The number of nitrogens with one attached hydrogen (secondary N) is 2. The fourth-order valence-corrected chi connectivity index (χ4v) is 4.06. The van der Waals surface area contributed by atoms with E-state index in [9.17, 15) is 19.5 Å². The van der Waals surface area contributed by atoms with E-state index in [0.29, 0.717) is 30.9 Å². The maximum Gasteiger partial charge on any atom is 0.321 e. The van der Waals surface area contributed by atoms with Gasteiger partial charge in [-0.2, -0.15) is 0 Å². The van der Waals surface area contributed by atoms with Crippen molar-refractivity contribution in [3.8, 4) is 5.75 Å². The average Bonchev–Trinajstić information content (AvgIpc) is 3.19. The zero-order valence-corrected chi connectivity index (χ0v) is 15.4. The Balaban J connectivity index is 1.59. The number of hydrogen-bond donors (Lipinski definition) is 3. The summed E-state index contributed by atoms with van der Waals surface area (Å²) in [5, 5.41) is 15.1. The number of carbonyl (C=O) groups is 3. The summed E-state index contributed by atoms with van der Waals surface area (Å²) < 4.78 is 5.42. The lowest BCUT2D eigenvalue weighted by molar-refractivity contribution is -0.149. The van der Waals surface area contributed by atoms with Gasteiger partial charge in [-0.15, -0.1) is 0 Å². The first kappa shape index (κ1) is 19.0. The molecule has 2 atom stereocenters. The van der Waals surface area contributed by atoms with Gasteiger partial charge in [0.2, 0.25) is 0 Å². The van der Waals surface area contributed by atoms with Crippen molar-refractivity contribution in [1.82, 2.24) is 10.2 Å². The van der Waals surface area contributed by atoms with Crippen molar-refractivity contribution in [1.29, 1.82) is 0 Å². The minimum absolute atomic E-state index is 0.0208. The molecule has 27 heavy (non-hydrogen) atoms. The van der Waals surface area contributed by atoms with Crippen LogP contribution >= 0.6 is 0 Å². The molecule has 1 saturated carbocycles. The maximum absolute atomic E-state index is 12.6. The van der Waals surface area contributed by atoms with Gasteiger partial charge >= 0.3 is 12.0 Å². The second-order valence-corrected chi connectivity index (χ2v) is 7.13. The fourth-order valence-electron chi connectivity index (χ4n) is 4.06. The van der Waals surface area contributed by atoms with Gasteiger partial charge in [0.25, 0.3) is 5.91 Å². The summed E-state index contributed by atoms with van der Waals surface area (Å²) in [6, 6.07) is 6.47. The Morgan fingerprint density at radius 2 is 2.19 bits per heavy atom. The van der Waals surface area contributed by atoms with Crippen LogP contribution in [0.5, 0.6) is 5.75 Å².